The Morgan fingerprint density at radius 1 is 1.24 bits per heavy atom. The van der Waals surface area contributed by atoms with Crippen LogP contribution in [0.25, 0.3) is 0 Å². The Balaban J connectivity index is 1.39. The molecule has 0 aliphatic carbocycles. The summed E-state index contributed by atoms with van der Waals surface area (Å²) < 4.78 is 27.4. The van der Waals surface area contributed by atoms with E-state index in [9.17, 15) is 28.0 Å². The zero-order valence-corrected chi connectivity index (χ0v) is 19.7. The van der Waals surface area contributed by atoms with E-state index in [2.05, 4.69) is 32.2 Å². The third-order valence-electron chi connectivity index (χ3n) is 7.54. The average molecular weight is 476 g/mol. The van der Waals surface area contributed by atoms with Crippen LogP contribution in [-0.2, 0) is 32.3 Å². The van der Waals surface area contributed by atoms with Gasteiger partial charge in [0.15, 0.2) is 0 Å². The minimum absolute atomic E-state index is 0.0491. The summed E-state index contributed by atoms with van der Waals surface area (Å²) in [6.45, 7) is 6.64. The maximum Gasteiger partial charge on any atom is 0.267 e. The summed E-state index contributed by atoms with van der Waals surface area (Å²) in [4.78, 5) is 52.1. The van der Waals surface area contributed by atoms with Gasteiger partial charge < -0.3 is 19.9 Å². The quantitative estimate of drug-likeness (QED) is 0.641. The van der Waals surface area contributed by atoms with E-state index in [4.69, 9.17) is 0 Å². The molecule has 1 aromatic rings. The molecule has 3 heterocycles. The number of carbonyl (C=O) groups is 4. The second-order valence-electron chi connectivity index (χ2n) is 10.2. The Morgan fingerprint density at radius 3 is 2.65 bits per heavy atom. The van der Waals surface area contributed by atoms with Crippen LogP contribution in [0.1, 0.15) is 62.6 Å². The number of fused-ring (bicyclic) bond motifs is 1. The van der Waals surface area contributed by atoms with Gasteiger partial charge >= 0.3 is 0 Å². The molecule has 0 radical (unpaired) electrons. The van der Waals surface area contributed by atoms with Gasteiger partial charge in [0.25, 0.3) is 5.92 Å². The van der Waals surface area contributed by atoms with Gasteiger partial charge in [-0.2, -0.15) is 0 Å². The average Bonchev–Trinajstić information content (AvgIpc) is 3.47. The van der Waals surface area contributed by atoms with Crippen molar-refractivity contribution in [3.05, 3.63) is 34.9 Å². The lowest BCUT2D eigenvalue weighted by atomic mass is 9.86. The third-order valence-corrected chi connectivity index (χ3v) is 7.54. The molecule has 4 atom stereocenters. The number of benzene rings is 1. The number of carbonyl (C=O) groups excluding carboxylic acids is 4. The summed E-state index contributed by atoms with van der Waals surface area (Å²) in [5, 5.41) is 2.54. The summed E-state index contributed by atoms with van der Waals surface area (Å²) >= 11 is 0. The van der Waals surface area contributed by atoms with Crippen molar-refractivity contribution in [2.75, 3.05) is 6.54 Å². The van der Waals surface area contributed by atoms with E-state index in [0.717, 1.165) is 16.0 Å². The van der Waals surface area contributed by atoms with Crippen molar-refractivity contribution in [2.24, 2.45) is 11.8 Å². The van der Waals surface area contributed by atoms with Gasteiger partial charge in [0, 0.05) is 31.8 Å². The van der Waals surface area contributed by atoms with Gasteiger partial charge in [-0.3, -0.25) is 14.4 Å². The number of halogens is 2. The summed E-state index contributed by atoms with van der Waals surface area (Å²) in [7, 11) is 0. The molecule has 4 rings (SSSR count). The molecule has 0 spiro atoms. The fourth-order valence-electron chi connectivity index (χ4n) is 5.24. The molecule has 0 saturated carbocycles. The van der Waals surface area contributed by atoms with Crippen LogP contribution in [0.5, 0.6) is 0 Å². The summed E-state index contributed by atoms with van der Waals surface area (Å²) in [5.74, 6) is -4.34. The second kappa shape index (κ2) is 9.07. The number of hydrogen-bond donors (Lipinski definition) is 1. The molecule has 1 unspecified atom stereocenters. The molecule has 2 fully saturated rings. The van der Waals surface area contributed by atoms with Gasteiger partial charge in [-0.25, -0.2) is 8.78 Å². The summed E-state index contributed by atoms with van der Waals surface area (Å²) in [5.41, 5.74) is 3.51. The minimum atomic E-state index is -3.13. The van der Waals surface area contributed by atoms with Crippen LogP contribution >= 0.6 is 0 Å². The lowest BCUT2D eigenvalue weighted by molar-refractivity contribution is -0.137. The van der Waals surface area contributed by atoms with Crippen molar-refractivity contribution >= 4 is 24.0 Å². The smallest absolute Gasteiger partial charge is 0.267 e. The fourth-order valence-corrected chi connectivity index (χ4v) is 5.24. The minimum Gasteiger partial charge on any atom is -0.344 e. The molecular weight excluding hydrogens is 444 g/mol. The number of alkyl halides is 2. The number of likely N-dealkylation sites (tertiary alicyclic amines) is 1. The van der Waals surface area contributed by atoms with Gasteiger partial charge in [-0.1, -0.05) is 39.0 Å². The van der Waals surface area contributed by atoms with Crippen molar-refractivity contribution in [1.29, 1.82) is 0 Å². The van der Waals surface area contributed by atoms with E-state index < -0.39 is 48.7 Å². The first-order chi connectivity index (χ1) is 16.0. The predicted molar refractivity (Wildman–Crippen MR) is 120 cm³/mol. The van der Waals surface area contributed by atoms with E-state index in [0.29, 0.717) is 31.2 Å². The van der Waals surface area contributed by atoms with E-state index in [1.54, 1.807) is 4.90 Å². The van der Waals surface area contributed by atoms with Crippen LogP contribution in [0.4, 0.5) is 8.78 Å². The van der Waals surface area contributed by atoms with Crippen LogP contribution in [0.3, 0.4) is 0 Å². The van der Waals surface area contributed by atoms with Crippen molar-refractivity contribution in [3.8, 4) is 0 Å². The first kappa shape index (κ1) is 24.3. The van der Waals surface area contributed by atoms with Gasteiger partial charge in [0.2, 0.25) is 17.7 Å². The predicted octanol–water partition coefficient (Wildman–Crippen LogP) is 2.62. The van der Waals surface area contributed by atoms with Gasteiger partial charge in [-0.05, 0) is 34.9 Å². The first-order valence-electron chi connectivity index (χ1n) is 11.8. The molecule has 1 aromatic carbocycles. The molecule has 3 amide bonds. The highest BCUT2D eigenvalue weighted by Gasteiger charge is 2.50. The number of hydrogen-bond acceptors (Lipinski definition) is 4. The second-order valence-corrected chi connectivity index (χ2v) is 10.2. The number of aldehydes is 1. The lowest BCUT2D eigenvalue weighted by Gasteiger charge is -2.23. The maximum absolute atomic E-state index is 13.7. The highest BCUT2D eigenvalue weighted by atomic mass is 19.3. The van der Waals surface area contributed by atoms with Gasteiger partial charge in [0.1, 0.15) is 12.3 Å². The van der Waals surface area contributed by atoms with Gasteiger partial charge in [0.05, 0.1) is 12.6 Å². The Kier molecular flexibility index (Phi) is 6.48. The highest BCUT2D eigenvalue weighted by Crippen LogP contribution is 2.35. The topological polar surface area (TPSA) is 86.8 Å². The standard InChI is InChI=1S/C25H31F2N3O4/c1-14(2)15(3)19-6-4-5-16-10-29(11-20(16)19)22(32)8-17-7-21(28-23(17)33)24(34)30-13-25(26,27)9-18(30)12-31/h4-6,12,14-15,17-18,21H,7-11,13H2,1-3H3,(H,28,33)/t15?,17-,18-,21-/m0/s1. The normalized spacial score (nSPS) is 26.5. The molecule has 2 saturated heterocycles. The van der Waals surface area contributed by atoms with Crippen molar-refractivity contribution in [3.63, 3.8) is 0 Å². The number of rotatable bonds is 6. The summed E-state index contributed by atoms with van der Waals surface area (Å²) in [6.07, 6.45) is -0.368. The van der Waals surface area contributed by atoms with E-state index in [1.807, 2.05) is 12.1 Å². The molecule has 184 valence electrons. The molecule has 7 nitrogen and oxygen atoms in total. The largest absolute Gasteiger partial charge is 0.344 e. The zero-order chi connectivity index (χ0) is 24.8. The molecule has 34 heavy (non-hydrogen) atoms. The Bertz CT molecular complexity index is 1010. The molecule has 3 aliphatic heterocycles. The summed E-state index contributed by atoms with van der Waals surface area (Å²) in [6, 6.07) is 3.93. The first-order valence-corrected chi connectivity index (χ1v) is 11.8. The van der Waals surface area contributed by atoms with Crippen molar-refractivity contribution < 1.29 is 28.0 Å². The van der Waals surface area contributed by atoms with Crippen LogP contribution < -0.4 is 5.32 Å². The Hall–Kier alpha value is -2.84. The Labute approximate surface area is 197 Å². The van der Waals surface area contributed by atoms with Crippen LogP contribution in [-0.4, -0.2) is 58.4 Å². The maximum atomic E-state index is 13.7. The molecule has 0 bridgehead atoms. The molecule has 0 aromatic heterocycles. The monoisotopic (exact) mass is 475 g/mol. The Morgan fingerprint density at radius 2 is 1.97 bits per heavy atom. The SMILES string of the molecule is CC(C)C(C)c1cccc2c1CN(C(=O)C[C@@H]1C[C@@H](C(=O)N3CC(F)(F)C[C@H]3C=O)NC1=O)C2. The number of amides is 3. The van der Waals surface area contributed by atoms with Crippen LogP contribution in [0, 0.1) is 11.8 Å². The molecule has 9 heteroatoms. The van der Waals surface area contributed by atoms with E-state index in [-0.39, 0.29) is 18.7 Å². The van der Waals surface area contributed by atoms with E-state index in [1.165, 1.54) is 5.56 Å². The van der Waals surface area contributed by atoms with Gasteiger partial charge in [-0.15, -0.1) is 0 Å². The van der Waals surface area contributed by atoms with Crippen molar-refractivity contribution in [2.45, 2.75) is 77.0 Å². The number of nitrogens with zero attached hydrogens (tertiary/aromatic N) is 2. The molecular formula is C25H31F2N3O4. The fraction of sp³-hybridized carbons (Fsp3) is 0.600. The molecule has 1 N–H and O–H groups in total. The third kappa shape index (κ3) is 4.57. The van der Waals surface area contributed by atoms with Crippen LogP contribution in [0.15, 0.2) is 18.2 Å². The molecule has 3 aliphatic rings. The van der Waals surface area contributed by atoms with Crippen LogP contribution in [0.2, 0.25) is 0 Å². The lowest BCUT2D eigenvalue weighted by Crippen LogP contribution is -2.47. The van der Waals surface area contributed by atoms with E-state index >= 15 is 0 Å². The van der Waals surface area contributed by atoms with Crippen molar-refractivity contribution in [1.82, 2.24) is 15.1 Å². The highest BCUT2D eigenvalue weighted by molar-refractivity contribution is 5.95. The number of nitrogens with one attached hydrogen (secondary N) is 1. The zero-order valence-electron chi connectivity index (χ0n) is 19.7.